The van der Waals surface area contributed by atoms with E-state index in [9.17, 15) is 0 Å². The molecule has 0 aromatic carbocycles. The van der Waals surface area contributed by atoms with Crippen molar-refractivity contribution in [1.29, 1.82) is 0 Å². The molecule has 0 bridgehead atoms. The third-order valence-corrected chi connectivity index (χ3v) is 7.36. The lowest BCUT2D eigenvalue weighted by atomic mass is 9.51. The number of aryl methyl sites for hydroxylation is 1. The van der Waals surface area contributed by atoms with Crippen molar-refractivity contribution in [3.8, 4) is 0 Å². The van der Waals surface area contributed by atoms with E-state index in [0.717, 1.165) is 76.4 Å². The number of guanidine groups is 1. The zero-order chi connectivity index (χ0) is 21.7. The summed E-state index contributed by atoms with van der Waals surface area (Å²) < 4.78 is 13.5. The fraction of sp³-hybridized carbons (Fsp3) is 0.864. The summed E-state index contributed by atoms with van der Waals surface area (Å²) in [5.41, 5.74) is 0.299. The van der Waals surface area contributed by atoms with E-state index < -0.39 is 0 Å². The van der Waals surface area contributed by atoms with Gasteiger partial charge in [0.05, 0.1) is 19.3 Å². The van der Waals surface area contributed by atoms with E-state index in [-0.39, 0.29) is 0 Å². The molecule has 2 aliphatic carbocycles. The highest BCUT2D eigenvalue weighted by atomic mass is 16.5. The molecule has 2 heterocycles. The predicted molar refractivity (Wildman–Crippen MR) is 120 cm³/mol. The first-order valence-corrected chi connectivity index (χ1v) is 11.9. The lowest BCUT2D eigenvalue weighted by Gasteiger charge is -2.61. The highest BCUT2D eigenvalue weighted by Crippen LogP contribution is 2.57. The summed E-state index contributed by atoms with van der Waals surface area (Å²) in [6.45, 7) is 11.1. The van der Waals surface area contributed by atoms with Crippen molar-refractivity contribution in [2.75, 3.05) is 46.0 Å². The van der Waals surface area contributed by atoms with Gasteiger partial charge in [-0.2, -0.15) is 0 Å². The topological polar surface area (TPSA) is 88.8 Å². The van der Waals surface area contributed by atoms with E-state index in [2.05, 4.69) is 32.7 Å². The summed E-state index contributed by atoms with van der Waals surface area (Å²) in [6.07, 6.45) is 6.35. The second-order valence-electron chi connectivity index (χ2n) is 9.08. The Morgan fingerprint density at radius 2 is 2.10 bits per heavy atom. The molecule has 2 atom stereocenters. The molecular formula is C22H39N7O2. The van der Waals surface area contributed by atoms with Crippen LogP contribution in [0, 0.1) is 12.3 Å². The van der Waals surface area contributed by atoms with Gasteiger partial charge in [-0.05, 0) is 46.1 Å². The highest BCUT2D eigenvalue weighted by molar-refractivity contribution is 5.80. The van der Waals surface area contributed by atoms with Gasteiger partial charge in [0.1, 0.15) is 12.4 Å². The maximum absolute atomic E-state index is 6.02. The molecule has 2 saturated carbocycles. The minimum Gasteiger partial charge on any atom is -0.379 e. The van der Waals surface area contributed by atoms with Crippen LogP contribution >= 0.6 is 0 Å². The molecule has 4 rings (SSSR count). The van der Waals surface area contributed by atoms with Crippen molar-refractivity contribution in [1.82, 2.24) is 30.3 Å². The third-order valence-electron chi connectivity index (χ3n) is 7.36. The predicted octanol–water partition coefficient (Wildman–Crippen LogP) is 1.23. The van der Waals surface area contributed by atoms with E-state index in [4.69, 9.17) is 14.5 Å². The van der Waals surface area contributed by atoms with Crippen LogP contribution < -0.4 is 10.6 Å². The van der Waals surface area contributed by atoms with Crippen LogP contribution in [0.1, 0.15) is 50.7 Å². The van der Waals surface area contributed by atoms with Gasteiger partial charge >= 0.3 is 0 Å². The van der Waals surface area contributed by atoms with Crippen LogP contribution in [0.2, 0.25) is 0 Å². The molecule has 3 fully saturated rings. The minimum atomic E-state index is 0.299. The Hall–Kier alpha value is -1.71. The molecular weight excluding hydrogens is 394 g/mol. The quantitative estimate of drug-likeness (QED) is 0.344. The first-order chi connectivity index (χ1) is 15.1. The van der Waals surface area contributed by atoms with Crippen molar-refractivity contribution in [3.05, 3.63) is 11.6 Å². The number of nitrogens with zero attached hydrogens (tertiary/aromatic N) is 5. The van der Waals surface area contributed by atoms with Crippen molar-refractivity contribution in [2.24, 2.45) is 17.5 Å². The van der Waals surface area contributed by atoms with Gasteiger partial charge < -0.3 is 24.7 Å². The van der Waals surface area contributed by atoms with Gasteiger partial charge in [0.2, 0.25) is 0 Å². The Morgan fingerprint density at radius 1 is 1.29 bits per heavy atom. The van der Waals surface area contributed by atoms with Crippen LogP contribution in [-0.4, -0.2) is 83.8 Å². The normalized spacial score (nSPS) is 25.8. The van der Waals surface area contributed by atoms with Crippen LogP contribution in [0.15, 0.2) is 4.99 Å². The number of morpholine rings is 1. The van der Waals surface area contributed by atoms with Crippen LogP contribution in [0.5, 0.6) is 0 Å². The smallest absolute Gasteiger partial charge is 0.191 e. The van der Waals surface area contributed by atoms with Gasteiger partial charge in [0.25, 0.3) is 0 Å². The second-order valence-corrected chi connectivity index (χ2v) is 9.08. The number of aliphatic imine (C=N–C) groups is 1. The fourth-order valence-corrected chi connectivity index (χ4v) is 5.03. The molecule has 31 heavy (non-hydrogen) atoms. The van der Waals surface area contributed by atoms with E-state index in [1.165, 1.54) is 19.3 Å². The first-order valence-electron chi connectivity index (χ1n) is 11.9. The van der Waals surface area contributed by atoms with Crippen LogP contribution in [0.3, 0.4) is 0 Å². The molecule has 2 unspecified atom stereocenters. The molecule has 0 amide bonds. The standard InChI is InChI=1S/C22H39N7O2/c1-4-31-19-15-18(22(19)7-5-8-22)25-21(24-16-20-27-26-17(2)28(20)3)23-9-6-10-29-11-13-30-14-12-29/h18-19H,4-16H2,1-3H3,(H2,23,24,25). The lowest BCUT2D eigenvalue weighted by Crippen LogP contribution is -2.68. The van der Waals surface area contributed by atoms with Crippen molar-refractivity contribution < 1.29 is 9.47 Å². The summed E-state index contributed by atoms with van der Waals surface area (Å²) in [4.78, 5) is 7.34. The van der Waals surface area contributed by atoms with E-state index >= 15 is 0 Å². The third kappa shape index (κ3) is 5.04. The summed E-state index contributed by atoms with van der Waals surface area (Å²) in [6, 6.07) is 0.435. The Morgan fingerprint density at radius 3 is 2.74 bits per heavy atom. The number of hydrogen-bond donors (Lipinski definition) is 2. The van der Waals surface area contributed by atoms with Gasteiger partial charge in [-0.3, -0.25) is 4.90 Å². The van der Waals surface area contributed by atoms with Gasteiger partial charge in [-0.25, -0.2) is 4.99 Å². The zero-order valence-electron chi connectivity index (χ0n) is 19.4. The molecule has 0 radical (unpaired) electrons. The number of hydrogen-bond acceptors (Lipinski definition) is 6. The monoisotopic (exact) mass is 433 g/mol. The van der Waals surface area contributed by atoms with Crippen molar-refractivity contribution in [2.45, 2.75) is 64.6 Å². The van der Waals surface area contributed by atoms with Gasteiger partial charge in [-0.1, -0.05) is 6.42 Å². The van der Waals surface area contributed by atoms with E-state index in [1.54, 1.807) is 0 Å². The summed E-state index contributed by atoms with van der Waals surface area (Å²) in [5.74, 6) is 2.67. The maximum atomic E-state index is 6.02. The Kier molecular flexibility index (Phi) is 7.45. The molecule has 3 aliphatic rings. The number of nitrogens with one attached hydrogen (secondary N) is 2. The number of rotatable bonds is 9. The molecule has 2 N–H and O–H groups in total. The Labute approximate surface area is 186 Å². The average Bonchev–Trinajstić information content (AvgIpc) is 3.05. The first kappa shape index (κ1) is 22.5. The second kappa shape index (κ2) is 10.3. The van der Waals surface area contributed by atoms with Crippen molar-refractivity contribution >= 4 is 5.96 Å². The van der Waals surface area contributed by atoms with E-state index in [0.29, 0.717) is 24.1 Å². The van der Waals surface area contributed by atoms with Crippen LogP contribution in [0.25, 0.3) is 0 Å². The van der Waals surface area contributed by atoms with Gasteiger partial charge in [0, 0.05) is 44.7 Å². The highest BCUT2D eigenvalue weighted by Gasteiger charge is 2.59. The zero-order valence-corrected chi connectivity index (χ0v) is 19.4. The van der Waals surface area contributed by atoms with Gasteiger partial charge in [0.15, 0.2) is 11.8 Å². The summed E-state index contributed by atoms with van der Waals surface area (Å²) >= 11 is 0. The molecule has 9 nitrogen and oxygen atoms in total. The Bertz CT molecular complexity index is 740. The SMILES string of the molecule is CCOC1CC(NC(=NCc2nnc(C)n2C)NCCCN2CCOCC2)C12CCC2. The number of aromatic nitrogens is 3. The molecule has 9 heteroatoms. The Balaban J connectivity index is 1.34. The van der Waals surface area contributed by atoms with E-state index in [1.807, 2.05) is 18.5 Å². The summed E-state index contributed by atoms with van der Waals surface area (Å²) in [5, 5.41) is 15.7. The molecule has 1 spiro atoms. The minimum absolute atomic E-state index is 0.299. The summed E-state index contributed by atoms with van der Waals surface area (Å²) in [7, 11) is 1.99. The number of ether oxygens (including phenoxy) is 2. The molecule has 1 saturated heterocycles. The van der Waals surface area contributed by atoms with Crippen LogP contribution in [0.4, 0.5) is 0 Å². The lowest BCUT2D eigenvalue weighted by molar-refractivity contribution is -0.168. The molecule has 1 aliphatic heterocycles. The molecule has 174 valence electrons. The molecule has 1 aromatic heterocycles. The maximum Gasteiger partial charge on any atom is 0.191 e. The molecule has 1 aromatic rings. The van der Waals surface area contributed by atoms with Gasteiger partial charge in [-0.15, -0.1) is 10.2 Å². The fourth-order valence-electron chi connectivity index (χ4n) is 5.03. The van der Waals surface area contributed by atoms with Crippen molar-refractivity contribution in [3.63, 3.8) is 0 Å². The van der Waals surface area contributed by atoms with Crippen LogP contribution in [-0.2, 0) is 23.1 Å². The average molecular weight is 434 g/mol. The largest absolute Gasteiger partial charge is 0.379 e.